The molecule has 8 nitrogen and oxygen atoms in total. The number of amides is 2. The van der Waals surface area contributed by atoms with Crippen LogP contribution in [-0.2, 0) is 11.3 Å². The van der Waals surface area contributed by atoms with Crippen molar-refractivity contribution >= 4 is 11.8 Å². The molecule has 1 aliphatic heterocycles. The van der Waals surface area contributed by atoms with Gasteiger partial charge in [-0.05, 0) is 56.4 Å². The minimum atomic E-state index is -0.177. The average molecular weight is 429 g/mol. The van der Waals surface area contributed by atoms with Crippen molar-refractivity contribution in [3.8, 4) is 11.5 Å². The first-order valence-electron chi connectivity index (χ1n) is 11.0. The fraction of sp³-hybridized carbons (Fsp3) is 0.522. The summed E-state index contributed by atoms with van der Waals surface area (Å²) in [5.41, 5.74) is 0.490. The van der Waals surface area contributed by atoms with Gasteiger partial charge in [-0.3, -0.25) is 14.3 Å². The van der Waals surface area contributed by atoms with Gasteiger partial charge in [0.25, 0.3) is 11.8 Å². The SMILES string of the molecule is CCOc1cc(C(=O)NCC(C)Cn2cccn2)ccc1OCC(=O)N1CCCCC1. The molecule has 0 saturated carbocycles. The van der Waals surface area contributed by atoms with Crippen molar-refractivity contribution in [3.05, 3.63) is 42.2 Å². The zero-order valence-corrected chi connectivity index (χ0v) is 18.4. The largest absolute Gasteiger partial charge is 0.490 e. The van der Waals surface area contributed by atoms with E-state index >= 15 is 0 Å². The Morgan fingerprint density at radius 3 is 2.68 bits per heavy atom. The molecule has 2 amide bonds. The molecule has 1 aromatic carbocycles. The molecule has 1 fully saturated rings. The topological polar surface area (TPSA) is 85.7 Å². The fourth-order valence-corrected chi connectivity index (χ4v) is 3.57. The minimum absolute atomic E-state index is 0.0184. The maximum Gasteiger partial charge on any atom is 0.260 e. The van der Waals surface area contributed by atoms with Gasteiger partial charge in [0.15, 0.2) is 18.1 Å². The number of rotatable bonds is 10. The lowest BCUT2D eigenvalue weighted by Gasteiger charge is -2.26. The molecule has 0 bridgehead atoms. The second kappa shape index (κ2) is 11.4. The Bertz CT molecular complexity index is 847. The highest BCUT2D eigenvalue weighted by molar-refractivity contribution is 5.94. The van der Waals surface area contributed by atoms with Crippen LogP contribution in [0.5, 0.6) is 11.5 Å². The number of likely N-dealkylation sites (tertiary alicyclic amines) is 1. The number of aromatic nitrogens is 2. The van der Waals surface area contributed by atoms with E-state index in [1.165, 1.54) is 6.42 Å². The van der Waals surface area contributed by atoms with Crippen molar-refractivity contribution in [2.24, 2.45) is 5.92 Å². The van der Waals surface area contributed by atoms with Gasteiger partial charge in [0.05, 0.1) is 6.61 Å². The lowest BCUT2D eigenvalue weighted by Crippen LogP contribution is -2.38. The second-order valence-corrected chi connectivity index (χ2v) is 7.87. The average Bonchev–Trinajstić information content (AvgIpc) is 3.30. The molecular formula is C23H32N4O4. The monoisotopic (exact) mass is 428 g/mol. The summed E-state index contributed by atoms with van der Waals surface area (Å²) in [6.45, 7) is 7.17. The number of carbonyl (C=O) groups is 2. The molecule has 1 N–H and O–H groups in total. The van der Waals surface area contributed by atoms with E-state index in [1.807, 2.05) is 28.8 Å². The van der Waals surface area contributed by atoms with E-state index in [-0.39, 0.29) is 24.3 Å². The Kier molecular flexibility index (Phi) is 8.32. The van der Waals surface area contributed by atoms with Crippen molar-refractivity contribution in [1.82, 2.24) is 20.0 Å². The fourth-order valence-electron chi connectivity index (χ4n) is 3.57. The molecule has 31 heavy (non-hydrogen) atoms. The van der Waals surface area contributed by atoms with Crippen LogP contribution in [0.4, 0.5) is 0 Å². The first kappa shape index (κ1) is 22.7. The molecule has 2 heterocycles. The molecule has 0 aliphatic carbocycles. The van der Waals surface area contributed by atoms with Gasteiger partial charge in [-0.25, -0.2) is 0 Å². The van der Waals surface area contributed by atoms with Crippen molar-refractivity contribution in [2.45, 2.75) is 39.7 Å². The van der Waals surface area contributed by atoms with Crippen LogP contribution >= 0.6 is 0 Å². The number of ether oxygens (including phenoxy) is 2. The molecule has 168 valence electrons. The third kappa shape index (κ3) is 6.73. The Morgan fingerprint density at radius 2 is 1.97 bits per heavy atom. The van der Waals surface area contributed by atoms with E-state index in [9.17, 15) is 9.59 Å². The predicted molar refractivity (Wildman–Crippen MR) is 117 cm³/mol. The van der Waals surface area contributed by atoms with E-state index in [4.69, 9.17) is 9.47 Å². The van der Waals surface area contributed by atoms with Gasteiger partial charge in [0.2, 0.25) is 0 Å². The standard InChI is InChI=1S/C23H32N4O4/c1-3-30-21-14-19(23(29)24-15-18(2)16-27-13-7-10-25-27)8-9-20(21)31-17-22(28)26-11-5-4-6-12-26/h7-10,13-14,18H,3-6,11-12,15-17H2,1-2H3,(H,24,29). The van der Waals surface area contributed by atoms with Gasteiger partial charge in [0, 0.05) is 44.1 Å². The summed E-state index contributed by atoms with van der Waals surface area (Å²) in [5.74, 6) is 0.972. The van der Waals surface area contributed by atoms with Gasteiger partial charge in [-0.2, -0.15) is 5.10 Å². The van der Waals surface area contributed by atoms with Crippen LogP contribution in [0.3, 0.4) is 0 Å². The Labute approximate surface area is 183 Å². The summed E-state index contributed by atoms with van der Waals surface area (Å²) in [4.78, 5) is 26.8. The number of piperidine rings is 1. The molecule has 1 unspecified atom stereocenters. The molecule has 8 heteroatoms. The molecule has 1 atom stereocenters. The zero-order chi connectivity index (χ0) is 22.1. The molecule has 3 rings (SSSR count). The van der Waals surface area contributed by atoms with Crippen molar-refractivity contribution in [2.75, 3.05) is 32.8 Å². The number of hydrogen-bond donors (Lipinski definition) is 1. The Hall–Kier alpha value is -3.03. The van der Waals surface area contributed by atoms with E-state index in [1.54, 1.807) is 24.4 Å². The molecule has 1 saturated heterocycles. The molecule has 0 spiro atoms. The number of benzene rings is 1. The molecular weight excluding hydrogens is 396 g/mol. The zero-order valence-electron chi connectivity index (χ0n) is 18.4. The summed E-state index contributed by atoms with van der Waals surface area (Å²) < 4.78 is 13.2. The first-order valence-corrected chi connectivity index (χ1v) is 11.0. The van der Waals surface area contributed by atoms with Crippen LogP contribution in [0.15, 0.2) is 36.7 Å². The van der Waals surface area contributed by atoms with Crippen molar-refractivity contribution in [1.29, 1.82) is 0 Å². The quantitative estimate of drug-likeness (QED) is 0.629. The highest BCUT2D eigenvalue weighted by Gasteiger charge is 2.18. The summed E-state index contributed by atoms with van der Waals surface area (Å²) in [6.07, 6.45) is 6.90. The maximum atomic E-state index is 12.6. The van der Waals surface area contributed by atoms with Crippen LogP contribution < -0.4 is 14.8 Å². The lowest BCUT2D eigenvalue weighted by atomic mass is 10.1. The van der Waals surface area contributed by atoms with Crippen molar-refractivity contribution in [3.63, 3.8) is 0 Å². The second-order valence-electron chi connectivity index (χ2n) is 7.87. The summed E-state index contributed by atoms with van der Waals surface area (Å²) in [7, 11) is 0. The summed E-state index contributed by atoms with van der Waals surface area (Å²) in [6, 6.07) is 6.93. The molecule has 2 aromatic rings. The maximum absolute atomic E-state index is 12.6. The third-order valence-electron chi connectivity index (χ3n) is 5.23. The third-order valence-corrected chi connectivity index (χ3v) is 5.23. The van der Waals surface area contributed by atoms with Gasteiger partial charge in [-0.15, -0.1) is 0 Å². The van der Waals surface area contributed by atoms with Crippen LogP contribution in [0.2, 0.25) is 0 Å². The number of nitrogens with one attached hydrogen (secondary N) is 1. The highest BCUT2D eigenvalue weighted by atomic mass is 16.5. The van der Waals surface area contributed by atoms with Crippen LogP contribution in [0.25, 0.3) is 0 Å². The number of hydrogen-bond acceptors (Lipinski definition) is 5. The number of carbonyl (C=O) groups excluding carboxylic acids is 2. The first-order chi connectivity index (χ1) is 15.1. The predicted octanol–water partition coefficient (Wildman–Crippen LogP) is 2.74. The van der Waals surface area contributed by atoms with Crippen LogP contribution in [-0.4, -0.2) is 59.3 Å². The molecule has 1 aromatic heterocycles. The van der Waals surface area contributed by atoms with Gasteiger partial charge < -0.3 is 19.7 Å². The summed E-state index contributed by atoms with van der Waals surface area (Å²) >= 11 is 0. The van der Waals surface area contributed by atoms with E-state index in [2.05, 4.69) is 17.3 Å². The molecule has 0 radical (unpaired) electrons. The van der Waals surface area contributed by atoms with Crippen molar-refractivity contribution < 1.29 is 19.1 Å². The Balaban J connectivity index is 1.55. The van der Waals surface area contributed by atoms with Crippen LogP contribution in [0.1, 0.15) is 43.5 Å². The number of nitrogens with zero attached hydrogens (tertiary/aromatic N) is 3. The molecule has 1 aliphatic rings. The van der Waals surface area contributed by atoms with E-state index in [0.717, 1.165) is 32.5 Å². The highest BCUT2D eigenvalue weighted by Crippen LogP contribution is 2.28. The van der Waals surface area contributed by atoms with Gasteiger partial charge >= 0.3 is 0 Å². The van der Waals surface area contributed by atoms with Gasteiger partial charge in [-0.1, -0.05) is 6.92 Å². The smallest absolute Gasteiger partial charge is 0.260 e. The lowest BCUT2D eigenvalue weighted by molar-refractivity contribution is -0.134. The summed E-state index contributed by atoms with van der Waals surface area (Å²) in [5, 5.41) is 7.15. The Morgan fingerprint density at radius 1 is 1.16 bits per heavy atom. The van der Waals surface area contributed by atoms with E-state index in [0.29, 0.717) is 30.2 Å². The van der Waals surface area contributed by atoms with Crippen LogP contribution in [0, 0.1) is 5.92 Å². The van der Waals surface area contributed by atoms with Gasteiger partial charge in [0.1, 0.15) is 0 Å². The van der Waals surface area contributed by atoms with E-state index < -0.39 is 0 Å². The normalized spacial score (nSPS) is 14.7. The minimum Gasteiger partial charge on any atom is -0.490 e.